The van der Waals surface area contributed by atoms with Crippen molar-refractivity contribution >= 4 is 6.03 Å². The van der Waals surface area contributed by atoms with Crippen LogP contribution in [0.5, 0.6) is 0 Å². The predicted octanol–water partition coefficient (Wildman–Crippen LogP) is 1.42. The third kappa shape index (κ3) is 3.47. The van der Waals surface area contributed by atoms with Gasteiger partial charge in [-0.05, 0) is 19.4 Å². The summed E-state index contributed by atoms with van der Waals surface area (Å²) in [6.07, 6.45) is 0. The van der Waals surface area contributed by atoms with E-state index in [0.29, 0.717) is 6.54 Å². The van der Waals surface area contributed by atoms with Crippen molar-refractivity contribution < 1.29 is 4.79 Å². The number of piperazine rings is 1. The molecular formula is C14H21N3O. The molecule has 2 N–H and O–H groups in total. The summed E-state index contributed by atoms with van der Waals surface area (Å²) in [5.41, 5.74) is 3.64. The fourth-order valence-corrected chi connectivity index (χ4v) is 2.33. The van der Waals surface area contributed by atoms with E-state index in [-0.39, 0.29) is 6.03 Å². The van der Waals surface area contributed by atoms with Gasteiger partial charge in [-0.2, -0.15) is 0 Å². The van der Waals surface area contributed by atoms with E-state index in [1.165, 1.54) is 11.1 Å². The maximum atomic E-state index is 11.9. The normalized spacial score (nSPS) is 15.6. The number of aryl methyl sites for hydroxylation is 2. The van der Waals surface area contributed by atoms with Gasteiger partial charge in [0.05, 0.1) is 0 Å². The Morgan fingerprint density at radius 2 is 1.83 bits per heavy atom. The summed E-state index contributed by atoms with van der Waals surface area (Å²) in [5.74, 6) is 0. The molecule has 0 radical (unpaired) electrons. The SMILES string of the molecule is Cc1cc(C)cc(CNC(=O)N2CCNCC2)c1. The Balaban J connectivity index is 1.88. The Labute approximate surface area is 108 Å². The van der Waals surface area contributed by atoms with Gasteiger partial charge in [0.25, 0.3) is 0 Å². The quantitative estimate of drug-likeness (QED) is 0.830. The van der Waals surface area contributed by atoms with Crippen molar-refractivity contribution in [1.82, 2.24) is 15.5 Å². The summed E-state index contributed by atoms with van der Waals surface area (Å²) in [6.45, 7) is 8.11. The highest BCUT2D eigenvalue weighted by atomic mass is 16.2. The van der Waals surface area contributed by atoms with E-state index in [1.54, 1.807) is 0 Å². The largest absolute Gasteiger partial charge is 0.334 e. The molecule has 98 valence electrons. The molecule has 0 aromatic heterocycles. The Hall–Kier alpha value is -1.55. The molecule has 1 aromatic rings. The molecule has 0 spiro atoms. The second-order valence-electron chi connectivity index (χ2n) is 4.89. The monoisotopic (exact) mass is 247 g/mol. The van der Waals surface area contributed by atoms with E-state index in [9.17, 15) is 4.79 Å². The van der Waals surface area contributed by atoms with Gasteiger partial charge in [-0.15, -0.1) is 0 Å². The lowest BCUT2D eigenvalue weighted by atomic mass is 10.1. The van der Waals surface area contributed by atoms with Crippen LogP contribution < -0.4 is 10.6 Å². The average molecular weight is 247 g/mol. The fourth-order valence-electron chi connectivity index (χ4n) is 2.33. The van der Waals surface area contributed by atoms with Gasteiger partial charge in [0.2, 0.25) is 0 Å². The van der Waals surface area contributed by atoms with Crippen LogP contribution in [0.2, 0.25) is 0 Å². The Morgan fingerprint density at radius 3 is 2.44 bits per heavy atom. The van der Waals surface area contributed by atoms with Gasteiger partial charge in [0.15, 0.2) is 0 Å². The molecule has 1 heterocycles. The van der Waals surface area contributed by atoms with Crippen LogP contribution in [0, 0.1) is 13.8 Å². The van der Waals surface area contributed by atoms with Gasteiger partial charge in [-0.1, -0.05) is 29.3 Å². The van der Waals surface area contributed by atoms with E-state index >= 15 is 0 Å². The highest BCUT2D eigenvalue weighted by Crippen LogP contribution is 2.08. The van der Waals surface area contributed by atoms with Crippen molar-refractivity contribution in [3.8, 4) is 0 Å². The number of urea groups is 1. The van der Waals surface area contributed by atoms with E-state index in [4.69, 9.17) is 0 Å². The average Bonchev–Trinajstić information content (AvgIpc) is 2.36. The molecule has 0 saturated carbocycles. The molecule has 0 aliphatic carbocycles. The van der Waals surface area contributed by atoms with Gasteiger partial charge in [-0.25, -0.2) is 4.79 Å². The molecule has 2 amide bonds. The standard InChI is InChI=1S/C14H21N3O/c1-11-7-12(2)9-13(8-11)10-16-14(18)17-5-3-15-4-6-17/h7-9,15H,3-6,10H2,1-2H3,(H,16,18). The van der Waals surface area contributed by atoms with Crippen LogP contribution in [0.15, 0.2) is 18.2 Å². The zero-order valence-electron chi connectivity index (χ0n) is 11.1. The topological polar surface area (TPSA) is 44.4 Å². The minimum absolute atomic E-state index is 0.0376. The Bertz CT molecular complexity index is 405. The molecule has 1 fully saturated rings. The first-order valence-electron chi connectivity index (χ1n) is 6.46. The van der Waals surface area contributed by atoms with Crippen LogP contribution in [-0.4, -0.2) is 37.1 Å². The van der Waals surface area contributed by atoms with Gasteiger partial charge < -0.3 is 15.5 Å². The third-order valence-electron chi connectivity index (χ3n) is 3.13. The number of nitrogens with one attached hydrogen (secondary N) is 2. The first kappa shape index (κ1) is 12.9. The highest BCUT2D eigenvalue weighted by Gasteiger charge is 2.15. The van der Waals surface area contributed by atoms with Gasteiger partial charge in [0.1, 0.15) is 0 Å². The minimum Gasteiger partial charge on any atom is -0.334 e. The third-order valence-corrected chi connectivity index (χ3v) is 3.13. The van der Waals surface area contributed by atoms with E-state index in [0.717, 1.165) is 31.7 Å². The maximum absolute atomic E-state index is 11.9. The molecule has 1 aromatic carbocycles. The van der Waals surface area contributed by atoms with Gasteiger partial charge >= 0.3 is 6.03 Å². The summed E-state index contributed by atoms with van der Waals surface area (Å²) in [6, 6.07) is 6.41. The van der Waals surface area contributed by atoms with Crippen molar-refractivity contribution in [3.05, 3.63) is 34.9 Å². The number of carbonyl (C=O) groups excluding carboxylic acids is 1. The molecule has 0 atom stereocenters. The lowest BCUT2D eigenvalue weighted by Crippen LogP contribution is -2.50. The predicted molar refractivity (Wildman–Crippen MR) is 72.6 cm³/mol. The molecule has 4 heteroatoms. The van der Waals surface area contributed by atoms with Gasteiger partial charge in [-0.3, -0.25) is 0 Å². The molecular weight excluding hydrogens is 226 g/mol. The first-order valence-corrected chi connectivity index (χ1v) is 6.46. The molecule has 1 saturated heterocycles. The summed E-state index contributed by atoms with van der Waals surface area (Å²) in [7, 11) is 0. The van der Waals surface area contributed by atoms with Crippen molar-refractivity contribution in [2.24, 2.45) is 0 Å². The van der Waals surface area contributed by atoms with E-state index < -0.39 is 0 Å². The fraction of sp³-hybridized carbons (Fsp3) is 0.500. The van der Waals surface area contributed by atoms with Crippen LogP contribution >= 0.6 is 0 Å². The van der Waals surface area contributed by atoms with E-state index in [1.807, 2.05) is 4.90 Å². The lowest BCUT2D eigenvalue weighted by Gasteiger charge is -2.27. The van der Waals surface area contributed by atoms with Crippen molar-refractivity contribution in [2.45, 2.75) is 20.4 Å². The summed E-state index contributed by atoms with van der Waals surface area (Å²) in [4.78, 5) is 13.8. The van der Waals surface area contributed by atoms with E-state index in [2.05, 4.69) is 42.7 Å². The molecule has 0 unspecified atom stereocenters. The molecule has 4 nitrogen and oxygen atoms in total. The number of amides is 2. The second-order valence-corrected chi connectivity index (χ2v) is 4.89. The minimum atomic E-state index is 0.0376. The number of nitrogens with zero attached hydrogens (tertiary/aromatic N) is 1. The molecule has 18 heavy (non-hydrogen) atoms. The zero-order valence-corrected chi connectivity index (χ0v) is 11.1. The molecule has 0 bridgehead atoms. The number of rotatable bonds is 2. The molecule has 1 aliphatic rings. The zero-order chi connectivity index (χ0) is 13.0. The Morgan fingerprint density at radius 1 is 1.22 bits per heavy atom. The summed E-state index contributed by atoms with van der Waals surface area (Å²) < 4.78 is 0. The number of hydrogen-bond donors (Lipinski definition) is 2. The summed E-state index contributed by atoms with van der Waals surface area (Å²) in [5, 5.41) is 6.22. The Kier molecular flexibility index (Phi) is 4.20. The van der Waals surface area contributed by atoms with Crippen LogP contribution in [0.3, 0.4) is 0 Å². The second kappa shape index (κ2) is 5.87. The number of carbonyl (C=O) groups is 1. The first-order chi connectivity index (χ1) is 8.65. The smallest absolute Gasteiger partial charge is 0.317 e. The van der Waals surface area contributed by atoms with Crippen LogP contribution in [0.4, 0.5) is 4.79 Å². The lowest BCUT2D eigenvalue weighted by molar-refractivity contribution is 0.190. The van der Waals surface area contributed by atoms with Gasteiger partial charge in [0, 0.05) is 32.7 Å². The summed E-state index contributed by atoms with van der Waals surface area (Å²) >= 11 is 0. The molecule has 1 aliphatic heterocycles. The number of hydrogen-bond acceptors (Lipinski definition) is 2. The van der Waals surface area contributed by atoms with Crippen molar-refractivity contribution in [3.63, 3.8) is 0 Å². The van der Waals surface area contributed by atoms with Crippen LogP contribution in [-0.2, 0) is 6.54 Å². The maximum Gasteiger partial charge on any atom is 0.317 e. The molecule has 2 rings (SSSR count). The van der Waals surface area contributed by atoms with Crippen molar-refractivity contribution in [1.29, 1.82) is 0 Å². The van der Waals surface area contributed by atoms with Crippen LogP contribution in [0.1, 0.15) is 16.7 Å². The van der Waals surface area contributed by atoms with Crippen LogP contribution in [0.25, 0.3) is 0 Å². The number of benzene rings is 1. The van der Waals surface area contributed by atoms with Crippen molar-refractivity contribution in [2.75, 3.05) is 26.2 Å². The highest BCUT2D eigenvalue weighted by molar-refractivity contribution is 5.74.